The summed E-state index contributed by atoms with van der Waals surface area (Å²) in [7, 11) is 0. The first-order chi connectivity index (χ1) is 9.74. The van der Waals surface area contributed by atoms with Crippen molar-refractivity contribution in [1.29, 1.82) is 0 Å². The van der Waals surface area contributed by atoms with E-state index in [9.17, 15) is 0 Å². The second-order valence-corrected chi connectivity index (χ2v) is 6.14. The molecule has 0 N–H and O–H groups in total. The lowest BCUT2D eigenvalue weighted by molar-refractivity contribution is 0.334. The van der Waals surface area contributed by atoms with Crippen molar-refractivity contribution in [3.8, 4) is 0 Å². The molecule has 1 aromatic heterocycles. The van der Waals surface area contributed by atoms with Gasteiger partial charge >= 0.3 is 0 Å². The van der Waals surface area contributed by atoms with Gasteiger partial charge in [0.15, 0.2) is 12.2 Å². The van der Waals surface area contributed by atoms with Crippen LogP contribution in [-0.2, 0) is 5.54 Å². The maximum Gasteiger partial charge on any atom is 0.181 e. The maximum absolute atomic E-state index is 5.82. The Hall–Kier alpha value is -1.77. The van der Waals surface area contributed by atoms with Crippen LogP contribution >= 0.6 is 0 Å². The zero-order chi connectivity index (χ0) is 13.7. The highest BCUT2D eigenvalue weighted by Gasteiger charge is 2.54. The van der Waals surface area contributed by atoms with E-state index in [2.05, 4.69) is 48.0 Å². The summed E-state index contributed by atoms with van der Waals surface area (Å²) >= 11 is 0. The fraction of sp³-hybridized carbons (Fsp3) is 0.471. The molecule has 0 unspecified atom stereocenters. The molecule has 0 bridgehead atoms. The van der Waals surface area contributed by atoms with E-state index in [0.717, 1.165) is 11.5 Å². The zero-order valence-electron chi connectivity index (χ0n) is 12.1. The van der Waals surface area contributed by atoms with E-state index < -0.39 is 0 Å². The van der Waals surface area contributed by atoms with Crippen LogP contribution in [0.15, 0.2) is 35.1 Å². The molecule has 3 heteroatoms. The van der Waals surface area contributed by atoms with Crippen LogP contribution in [-0.4, -0.2) is 4.98 Å². The molecule has 104 valence electrons. The van der Waals surface area contributed by atoms with Gasteiger partial charge in [-0.3, -0.25) is 0 Å². The van der Waals surface area contributed by atoms with Gasteiger partial charge in [0.1, 0.15) is 11.2 Å². The van der Waals surface area contributed by atoms with Crippen LogP contribution < -0.4 is 4.90 Å². The Balaban J connectivity index is 1.91. The lowest BCUT2D eigenvalue weighted by atomic mass is 9.93. The summed E-state index contributed by atoms with van der Waals surface area (Å²) in [4.78, 5) is 7.06. The molecular formula is C17H20N2O. The third-order valence-corrected chi connectivity index (χ3v) is 5.07. The summed E-state index contributed by atoms with van der Waals surface area (Å²) in [5, 5.41) is 0. The maximum atomic E-state index is 5.82. The Morgan fingerprint density at radius 1 is 1.25 bits per heavy atom. The van der Waals surface area contributed by atoms with Crippen molar-refractivity contribution >= 4 is 5.69 Å². The average molecular weight is 268 g/mol. The van der Waals surface area contributed by atoms with Gasteiger partial charge in [0.2, 0.25) is 0 Å². The van der Waals surface area contributed by atoms with Crippen molar-refractivity contribution in [2.75, 3.05) is 4.90 Å². The summed E-state index contributed by atoms with van der Waals surface area (Å²) in [5.74, 6) is 1.12. The van der Waals surface area contributed by atoms with Gasteiger partial charge in [0, 0.05) is 5.69 Å². The number of nitrogens with zero attached hydrogens (tertiary/aromatic N) is 2. The standard InChI is InChI=1S/C17H20N2O/c1-12-7-3-4-8-14(12)19-13(2)15-16(20-11-18-15)17(19)9-5-6-10-17/h3-4,7-8,11,13H,5-6,9-10H2,1-2H3/t13-/m0/s1. The first-order valence-corrected chi connectivity index (χ1v) is 7.53. The molecule has 1 saturated carbocycles. The van der Waals surface area contributed by atoms with Crippen molar-refractivity contribution in [2.45, 2.75) is 51.1 Å². The van der Waals surface area contributed by atoms with Crippen LogP contribution in [0, 0.1) is 6.92 Å². The van der Waals surface area contributed by atoms with E-state index in [-0.39, 0.29) is 5.54 Å². The molecule has 4 rings (SSSR count). The molecular weight excluding hydrogens is 248 g/mol. The second kappa shape index (κ2) is 4.11. The Labute approximate surface area is 119 Å². The van der Waals surface area contributed by atoms with Crippen LogP contribution in [0.4, 0.5) is 5.69 Å². The number of para-hydroxylation sites is 1. The molecule has 2 aromatic rings. The average Bonchev–Trinajstić information content (AvgIpc) is 3.12. The van der Waals surface area contributed by atoms with Crippen LogP contribution in [0.25, 0.3) is 0 Å². The third-order valence-electron chi connectivity index (χ3n) is 5.07. The summed E-state index contributed by atoms with van der Waals surface area (Å²) < 4.78 is 5.82. The molecule has 2 aliphatic rings. The van der Waals surface area contributed by atoms with Crippen molar-refractivity contribution in [3.05, 3.63) is 47.7 Å². The van der Waals surface area contributed by atoms with Crippen molar-refractivity contribution < 1.29 is 4.42 Å². The predicted octanol–water partition coefficient (Wildman–Crippen LogP) is 4.33. The summed E-state index contributed by atoms with van der Waals surface area (Å²) in [6.07, 6.45) is 6.52. The van der Waals surface area contributed by atoms with E-state index in [4.69, 9.17) is 4.42 Å². The minimum absolute atomic E-state index is 0.0391. The molecule has 0 amide bonds. The Morgan fingerprint density at radius 2 is 2.00 bits per heavy atom. The van der Waals surface area contributed by atoms with Gasteiger partial charge in [0.25, 0.3) is 0 Å². The fourth-order valence-corrected chi connectivity index (χ4v) is 4.20. The van der Waals surface area contributed by atoms with Gasteiger partial charge < -0.3 is 9.32 Å². The Kier molecular flexibility index (Phi) is 2.47. The molecule has 3 nitrogen and oxygen atoms in total. The lowest BCUT2D eigenvalue weighted by Crippen LogP contribution is -2.40. The lowest BCUT2D eigenvalue weighted by Gasteiger charge is -2.39. The summed E-state index contributed by atoms with van der Waals surface area (Å²) in [5.41, 5.74) is 3.83. The van der Waals surface area contributed by atoms with Gasteiger partial charge in [-0.1, -0.05) is 31.0 Å². The normalized spacial score (nSPS) is 23.5. The van der Waals surface area contributed by atoms with Crippen molar-refractivity contribution in [2.24, 2.45) is 0 Å². The first-order valence-electron chi connectivity index (χ1n) is 7.53. The van der Waals surface area contributed by atoms with Crippen molar-refractivity contribution in [3.63, 3.8) is 0 Å². The van der Waals surface area contributed by atoms with Gasteiger partial charge in [-0.2, -0.15) is 0 Å². The highest BCUT2D eigenvalue weighted by molar-refractivity contribution is 5.61. The number of fused-ring (bicyclic) bond motifs is 2. The van der Waals surface area contributed by atoms with Crippen molar-refractivity contribution in [1.82, 2.24) is 4.98 Å². The molecule has 1 fully saturated rings. The molecule has 1 atom stereocenters. The van der Waals surface area contributed by atoms with Gasteiger partial charge in [-0.05, 0) is 38.3 Å². The Morgan fingerprint density at radius 3 is 2.75 bits per heavy atom. The smallest absolute Gasteiger partial charge is 0.181 e. The van der Waals surface area contributed by atoms with Gasteiger partial charge in [0.05, 0.1) is 6.04 Å². The van der Waals surface area contributed by atoms with E-state index in [1.807, 2.05) is 0 Å². The summed E-state index contributed by atoms with van der Waals surface area (Å²) in [6, 6.07) is 8.96. The molecule has 20 heavy (non-hydrogen) atoms. The number of rotatable bonds is 1. The monoisotopic (exact) mass is 268 g/mol. The van der Waals surface area contributed by atoms with Crippen LogP contribution in [0.1, 0.15) is 55.7 Å². The fourth-order valence-electron chi connectivity index (χ4n) is 4.20. The van der Waals surface area contributed by atoms with E-state index in [1.165, 1.54) is 36.9 Å². The molecule has 0 saturated heterocycles. The highest BCUT2D eigenvalue weighted by Crippen LogP contribution is 2.56. The zero-order valence-corrected chi connectivity index (χ0v) is 12.1. The van der Waals surface area contributed by atoms with Gasteiger partial charge in [-0.25, -0.2) is 4.98 Å². The minimum Gasteiger partial charge on any atom is -0.446 e. The quantitative estimate of drug-likeness (QED) is 0.770. The SMILES string of the molecule is Cc1ccccc1N1[C@@H](C)c2ncoc2C12CCCC2. The van der Waals surface area contributed by atoms with E-state index >= 15 is 0 Å². The molecule has 2 heterocycles. The number of oxazole rings is 1. The number of benzene rings is 1. The number of hydrogen-bond donors (Lipinski definition) is 0. The molecule has 1 aromatic carbocycles. The van der Waals surface area contributed by atoms with Crippen LogP contribution in [0.3, 0.4) is 0 Å². The number of anilines is 1. The highest BCUT2D eigenvalue weighted by atomic mass is 16.3. The summed E-state index contributed by atoms with van der Waals surface area (Å²) in [6.45, 7) is 4.44. The first kappa shape index (κ1) is 12.0. The largest absolute Gasteiger partial charge is 0.446 e. The Bertz CT molecular complexity index is 640. The van der Waals surface area contributed by atoms with Gasteiger partial charge in [-0.15, -0.1) is 0 Å². The second-order valence-electron chi connectivity index (χ2n) is 6.14. The molecule has 1 aliphatic heterocycles. The number of hydrogen-bond acceptors (Lipinski definition) is 3. The number of aryl methyl sites for hydroxylation is 1. The number of aromatic nitrogens is 1. The predicted molar refractivity (Wildman–Crippen MR) is 78.7 cm³/mol. The van der Waals surface area contributed by atoms with Crippen LogP contribution in [0.2, 0.25) is 0 Å². The molecule has 0 radical (unpaired) electrons. The topological polar surface area (TPSA) is 29.3 Å². The molecule has 1 aliphatic carbocycles. The molecule has 1 spiro atoms. The third kappa shape index (κ3) is 1.38. The van der Waals surface area contributed by atoms with E-state index in [1.54, 1.807) is 6.39 Å². The minimum atomic E-state index is 0.0391. The van der Waals surface area contributed by atoms with E-state index in [0.29, 0.717) is 6.04 Å². The van der Waals surface area contributed by atoms with Crippen LogP contribution in [0.5, 0.6) is 0 Å².